The Labute approximate surface area is 122 Å². The summed E-state index contributed by atoms with van der Waals surface area (Å²) in [4.78, 5) is 22.5. The third-order valence-electron chi connectivity index (χ3n) is 3.59. The number of carboxylic acid groups (broad SMARTS) is 1. The quantitative estimate of drug-likeness (QED) is 0.591. The Morgan fingerprint density at radius 2 is 2.10 bits per heavy atom. The summed E-state index contributed by atoms with van der Waals surface area (Å²) in [7, 11) is -7.42. The number of carboxylic acids is 1. The number of piperazine rings is 1. The van der Waals surface area contributed by atoms with Gasteiger partial charge >= 0.3 is 5.97 Å². The molecule has 2 aliphatic rings. The monoisotopic (exact) mass is 340 g/mol. The van der Waals surface area contributed by atoms with Crippen LogP contribution in [0.15, 0.2) is 0 Å². The smallest absolute Gasteiger partial charge is 0.305 e. The summed E-state index contributed by atoms with van der Waals surface area (Å²) in [5.74, 6) is -2.65. The molecule has 0 radical (unpaired) electrons. The van der Waals surface area contributed by atoms with E-state index in [-0.39, 0.29) is 25.3 Å². The minimum Gasteiger partial charge on any atom is -0.481 e. The van der Waals surface area contributed by atoms with Gasteiger partial charge in [0.05, 0.1) is 23.2 Å². The first-order valence-corrected chi connectivity index (χ1v) is 9.66. The number of nitrogens with one attached hydrogen (secondary N) is 1. The van der Waals surface area contributed by atoms with Crippen LogP contribution < -0.4 is 5.32 Å². The molecule has 2 N–H and O–H groups in total. The van der Waals surface area contributed by atoms with Gasteiger partial charge in [-0.15, -0.1) is 0 Å². The van der Waals surface area contributed by atoms with Gasteiger partial charge in [-0.1, -0.05) is 0 Å². The van der Waals surface area contributed by atoms with E-state index in [9.17, 15) is 26.4 Å². The first-order valence-electron chi connectivity index (χ1n) is 6.34. The Kier molecular flexibility index (Phi) is 4.26. The first kappa shape index (κ1) is 16.2. The number of amides is 1. The highest BCUT2D eigenvalue weighted by atomic mass is 32.2. The molecule has 1 amide bonds. The van der Waals surface area contributed by atoms with Crippen LogP contribution in [0.5, 0.6) is 0 Å². The van der Waals surface area contributed by atoms with Gasteiger partial charge in [0.2, 0.25) is 15.9 Å². The summed E-state index contributed by atoms with van der Waals surface area (Å²) in [6.45, 7) is 0.0240. The van der Waals surface area contributed by atoms with E-state index in [0.29, 0.717) is 0 Å². The molecule has 11 heteroatoms. The molecular weight excluding hydrogens is 324 g/mol. The zero-order chi connectivity index (χ0) is 15.8. The zero-order valence-electron chi connectivity index (χ0n) is 11.1. The van der Waals surface area contributed by atoms with Crippen LogP contribution in [0.4, 0.5) is 0 Å². The molecule has 21 heavy (non-hydrogen) atoms. The van der Waals surface area contributed by atoms with Gasteiger partial charge in [-0.05, 0) is 6.42 Å². The predicted octanol–water partition coefficient (Wildman–Crippen LogP) is -2.22. The highest BCUT2D eigenvalue weighted by Gasteiger charge is 2.46. The lowest BCUT2D eigenvalue weighted by Gasteiger charge is -2.34. The molecule has 0 spiro atoms. The maximum Gasteiger partial charge on any atom is 0.305 e. The highest BCUT2D eigenvalue weighted by molar-refractivity contribution is 7.95. The van der Waals surface area contributed by atoms with E-state index in [2.05, 4.69) is 5.32 Å². The van der Waals surface area contributed by atoms with Crippen LogP contribution in [-0.2, 0) is 29.4 Å². The van der Waals surface area contributed by atoms with Gasteiger partial charge in [0.15, 0.2) is 9.84 Å². The molecule has 0 aromatic rings. The van der Waals surface area contributed by atoms with Crippen molar-refractivity contribution in [3.8, 4) is 0 Å². The van der Waals surface area contributed by atoms with Crippen LogP contribution in [0.3, 0.4) is 0 Å². The summed E-state index contributed by atoms with van der Waals surface area (Å²) in [6.07, 6.45) is -0.674. The number of sulfonamides is 1. The van der Waals surface area contributed by atoms with Crippen LogP contribution in [0.25, 0.3) is 0 Å². The van der Waals surface area contributed by atoms with Crippen molar-refractivity contribution in [1.29, 1.82) is 0 Å². The first-order chi connectivity index (χ1) is 9.63. The number of hydrogen-bond donors (Lipinski definition) is 2. The number of carbonyl (C=O) groups is 2. The van der Waals surface area contributed by atoms with Crippen molar-refractivity contribution in [3.05, 3.63) is 0 Å². The van der Waals surface area contributed by atoms with Crippen molar-refractivity contribution < 1.29 is 31.5 Å². The van der Waals surface area contributed by atoms with Gasteiger partial charge in [-0.2, -0.15) is 4.31 Å². The van der Waals surface area contributed by atoms with Gasteiger partial charge in [0.25, 0.3) is 0 Å². The van der Waals surface area contributed by atoms with E-state index in [4.69, 9.17) is 5.11 Å². The molecular formula is C10H16N2O7S2. The molecule has 2 atom stereocenters. The second kappa shape index (κ2) is 5.54. The molecule has 120 valence electrons. The summed E-state index contributed by atoms with van der Waals surface area (Å²) in [5, 5.41) is 10.1. The summed E-state index contributed by atoms with van der Waals surface area (Å²) in [5.41, 5.74) is 0. The van der Waals surface area contributed by atoms with Crippen LogP contribution >= 0.6 is 0 Å². The van der Waals surface area contributed by atoms with E-state index >= 15 is 0 Å². The molecule has 0 aromatic carbocycles. The molecule has 2 rings (SSSR count). The number of aliphatic carboxylic acids is 1. The Morgan fingerprint density at radius 3 is 2.62 bits per heavy atom. The van der Waals surface area contributed by atoms with Crippen LogP contribution in [-0.4, -0.2) is 74.0 Å². The Morgan fingerprint density at radius 1 is 1.43 bits per heavy atom. The lowest BCUT2D eigenvalue weighted by molar-refractivity contribution is -0.141. The minimum atomic E-state index is -4.03. The van der Waals surface area contributed by atoms with Gasteiger partial charge in [-0.25, -0.2) is 16.8 Å². The second-order valence-electron chi connectivity index (χ2n) is 5.09. The number of carbonyl (C=O) groups excluding carboxylic acids is 1. The summed E-state index contributed by atoms with van der Waals surface area (Å²) in [6, 6.07) is -1.33. The van der Waals surface area contributed by atoms with Crippen LogP contribution in [0.2, 0.25) is 0 Å². The lowest BCUT2D eigenvalue weighted by atomic mass is 10.1. The van der Waals surface area contributed by atoms with Crippen LogP contribution in [0.1, 0.15) is 12.8 Å². The topological polar surface area (TPSA) is 138 Å². The zero-order valence-corrected chi connectivity index (χ0v) is 12.7. The van der Waals surface area contributed by atoms with E-state index in [1.54, 1.807) is 0 Å². The lowest BCUT2D eigenvalue weighted by Crippen LogP contribution is -2.59. The third kappa shape index (κ3) is 3.35. The predicted molar refractivity (Wildman–Crippen MR) is 71.7 cm³/mol. The molecule has 2 fully saturated rings. The average molecular weight is 340 g/mol. The fourth-order valence-corrected chi connectivity index (χ4v) is 7.22. The number of hydrogen-bond acceptors (Lipinski definition) is 6. The van der Waals surface area contributed by atoms with Gasteiger partial charge in [0, 0.05) is 13.1 Å². The Bertz CT molecular complexity index is 655. The highest BCUT2D eigenvalue weighted by Crippen LogP contribution is 2.25. The van der Waals surface area contributed by atoms with Gasteiger partial charge < -0.3 is 10.4 Å². The molecule has 0 aromatic heterocycles. The fourth-order valence-electron chi connectivity index (χ4n) is 2.55. The molecule has 2 unspecified atom stereocenters. The normalized spacial score (nSPS) is 30.0. The number of nitrogens with zero attached hydrogens (tertiary/aromatic N) is 1. The Hall–Kier alpha value is -1.20. The van der Waals surface area contributed by atoms with Crippen LogP contribution in [0, 0.1) is 0 Å². The van der Waals surface area contributed by atoms with Crippen molar-refractivity contribution in [2.75, 3.05) is 24.6 Å². The molecule has 9 nitrogen and oxygen atoms in total. The van der Waals surface area contributed by atoms with Gasteiger partial charge in [0.1, 0.15) is 6.04 Å². The maximum absolute atomic E-state index is 12.5. The van der Waals surface area contributed by atoms with Crippen molar-refractivity contribution in [3.63, 3.8) is 0 Å². The molecule has 2 heterocycles. The maximum atomic E-state index is 12.5. The molecule has 0 saturated carbocycles. The summed E-state index contributed by atoms with van der Waals surface area (Å²) >= 11 is 0. The van der Waals surface area contributed by atoms with Crippen molar-refractivity contribution >= 4 is 31.7 Å². The van der Waals surface area contributed by atoms with Crippen molar-refractivity contribution in [2.45, 2.75) is 24.1 Å². The van der Waals surface area contributed by atoms with Crippen molar-refractivity contribution in [2.24, 2.45) is 0 Å². The molecule has 0 bridgehead atoms. The number of rotatable bonds is 4. The SMILES string of the molecule is O=C(O)CC1C(=O)NCCN1S(=O)(=O)C1CCS(=O)(=O)C1. The summed E-state index contributed by atoms with van der Waals surface area (Å²) < 4.78 is 48.7. The van der Waals surface area contributed by atoms with E-state index in [1.165, 1.54) is 0 Å². The largest absolute Gasteiger partial charge is 0.481 e. The van der Waals surface area contributed by atoms with E-state index in [0.717, 1.165) is 4.31 Å². The van der Waals surface area contributed by atoms with Crippen molar-refractivity contribution in [1.82, 2.24) is 9.62 Å². The average Bonchev–Trinajstić information content (AvgIpc) is 2.72. The van der Waals surface area contributed by atoms with E-state index < -0.39 is 55.2 Å². The number of sulfone groups is 1. The molecule has 0 aliphatic carbocycles. The second-order valence-corrected chi connectivity index (χ2v) is 9.48. The fraction of sp³-hybridized carbons (Fsp3) is 0.800. The third-order valence-corrected chi connectivity index (χ3v) is 7.90. The minimum absolute atomic E-state index is 0.0252. The van der Waals surface area contributed by atoms with Gasteiger partial charge in [-0.3, -0.25) is 9.59 Å². The van der Waals surface area contributed by atoms with E-state index in [1.807, 2.05) is 0 Å². The Balaban J connectivity index is 2.28. The standard InChI is InChI=1S/C10H16N2O7S2/c13-9(14)5-8-10(15)11-2-3-12(8)21(18,19)7-1-4-20(16,17)6-7/h7-8H,1-6H2,(H,11,15)(H,13,14). The molecule has 2 aliphatic heterocycles. The molecule has 2 saturated heterocycles.